The number of fused-ring (bicyclic) bond motifs is 3. The van der Waals surface area contributed by atoms with Crippen LogP contribution in [0.3, 0.4) is 0 Å². The second-order valence-electron chi connectivity index (χ2n) is 8.91. The average Bonchev–Trinajstić information content (AvgIpc) is 3.31. The van der Waals surface area contributed by atoms with Gasteiger partial charge in [-0.3, -0.25) is 9.59 Å². The third kappa shape index (κ3) is 3.78. The molecule has 0 bridgehead atoms. The van der Waals surface area contributed by atoms with E-state index >= 15 is 0 Å². The van der Waals surface area contributed by atoms with Crippen molar-refractivity contribution in [2.75, 3.05) is 19.8 Å². The fraction of sp³-hybridized carbons (Fsp3) is 0.652. The van der Waals surface area contributed by atoms with E-state index in [2.05, 4.69) is 12.2 Å². The topological polar surface area (TPSA) is 63.6 Å². The van der Waals surface area contributed by atoms with Gasteiger partial charge in [0.1, 0.15) is 11.2 Å². The van der Waals surface area contributed by atoms with E-state index in [9.17, 15) is 9.59 Å². The molecule has 1 fully saturated rings. The van der Waals surface area contributed by atoms with E-state index in [1.54, 1.807) is 16.2 Å². The molecule has 2 aromatic heterocycles. The zero-order chi connectivity index (χ0) is 21.3. The van der Waals surface area contributed by atoms with Gasteiger partial charge in [-0.2, -0.15) is 0 Å². The van der Waals surface area contributed by atoms with Gasteiger partial charge in [0.15, 0.2) is 0 Å². The Kier molecular flexibility index (Phi) is 6.21. The molecule has 1 saturated carbocycles. The first kappa shape index (κ1) is 21.4. The van der Waals surface area contributed by atoms with Crippen LogP contribution in [0.1, 0.15) is 63.4 Å². The number of aromatic nitrogens is 1. The van der Waals surface area contributed by atoms with Gasteiger partial charge < -0.3 is 19.5 Å². The van der Waals surface area contributed by atoms with Crippen LogP contribution in [0, 0.1) is 5.92 Å². The monoisotopic (exact) mass is 431 g/mol. The first-order valence-corrected chi connectivity index (χ1v) is 12.1. The second-order valence-corrected chi connectivity index (χ2v) is 9.86. The molecule has 3 heterocycles. The number of rotatable bonds is 7. The molecule has 1 N–H and O–H groups in total. The number of hydrogen-bond acceptors (Lipinski definition) is 4. The number of amides is 2. The molecular weight excluding hydrogens is 398 g/mol. The van der Waals surface area contributed by atoms with Crippen molar-refractivity contribution < 1.29 is 14.3 Å². The van der Waals surface area contributed by atoms with Crippen LogP contribution in [0.2, 0.25) is 0 Å². The summed E-state index contributed by atoms with van der Waals surface area (Å²) in [6.45, 7) is 8.36. The van der Waals surface area contributed by atoms with Crippen LogP contribution >= 0.6 is 11.3 Å². The summed E-state index contributed by atoms with van der Waals surface area (Å²) in [6.07, 6.45) is 5.27. The third-order valence-corrected chi connectivity index (χ3v) is 7.69. The minimum Gasteiger partial charge on any atom is -0.382 e. The lowest BCUT2D eigenvalue weighted by Gasteiger charge is -2.45. The smallest absolute Gasteiger partial charge is 0.271 e. The van der Waals surface area contributed by atoms with Gasteiger partial charge in [0.2, 0.25) is 5.91 Å². The molecule has 0 radical (unpaired) electrons. The maximum absolute atomic E-state index is 13.6. The lowest BCUT2D eigenvalue weighted by molar-refractivity contribution is -0.134. The zero-order valence-electron chi connectivity index (χ0n) is 18.3. The highest BCUT2D eigenvalue weighted by Gasteiger charge is 2.48. The van der Waals surface area contributed by atoms with E-state index < -0.39 is 5.54 Å². The molecule has 1 aliphatic carbocycles. The van der Waals surface area contributed by atoms with Crippen molar-refractivity contribution in [2.45, 2.75) is 71.0 Å². The van der Waals surface area contributed by atoms with Crippen molar-refractivity contribution in [2.24, 2.45) is 5.92 Å². The van der Waals surface area contributed by atoms with E-state index in [4.69, 9.17) is 4.74 Å². The molecular formula is C23H33N3O3S. The Labute approximate surface area is 182 Å². The van der Waals surface area contributed by atoms with E-state index in [-0.39, 0.29) is 17.9 Å². The van der Waals surface area contributed by atoms with Crippen molar-refractivity contribution in [1.29, 1.82) is 0 Å². The van der Waals surface area contributed by atoms with Crippen molar-refractivity contribution in [3.63, 3.8) is 0 Å². The van der Waals surface area contributed by atoms with Crippen molar-refractivity contribution >= 4 is 33.4 Å². The Balaban J connectivity index is 1.63. The van der Waals surface area contributed by atoms with Gasteiger partial charge in [-0.1, -0.05) is 19.8 Å². The molecule has 3 unspecified atom stereocenters. The summed E-state index contributed by atoms with van der Waals surface area (Å²) in [5, 5.41) is 5.36. The lowest BCUT2D eigenvalue weighted by atomic mass is 9.85. The minimum absolute atomic E-state index is 0.0336. The van der Waals surface area contributed by atoms with Crippen LogP contribution in [0.15, 0.2) is 17.5 Å². The fourth-order valence-corrected chi connectivity index (χ4v) is 5.77. The summed E-state index contributed by atoms with van der Waals surface area (Å²) in [7, 11) is 0. The average molecular weight is 432 g/mol. The van der Waals surface area contributed by atoms with Gasteiger partial charge in [0.05, 0.1) is 16.8 Å². The SMILES string of the molecule is CCOCCCN1C(=O)c2cc3sccc3n2CC1(C)C(=O)NC1CCCCC1C. The highest BCUT2D eigenvalue weighted by atomic mass is 32.1. The van der Waals surface area contributed by atoms with Crippen LogP contribution in [0.4, 0.5) is 0 Å². The van der Waals surface area contributed by atoms with Gasteiger partial charge in [-0.25, -0.2) is 0 Å². The van der Waals surface area contributed by atoms with Crippen LogP contribution in [0.5, 0.6) is 0 Å². The number of carbonyl (C=O) groups excluding carboxylic acids is 2. The van der Waals surface area contributed by atoms with E-state index in [0.717, 1.165) is 35.9 Å². The molecule has 164 valence electrons. The summed E-state index contributed by atoms with van der Waals surface area (Å²) in [6, 6.07) is 4.21. The maximum atomic E-state index is 13.6. The molecule has 30 heavy (non-hydrogen) atoms. The normalized spacial score (nSPS) is 26.8. The molecule has 7 heteroatoms. The zero-order valence-corrected chi connectivity index (χ0v) is 19.1. The van der Waals surface area contributed by atoms with Crippen molar-refractivity contribution in [1.82, 2.24) is 14.8 Å². The molecule has 4 rings (SSSR count). The summed E-state index contributed by atoms with van der Waals surface area (Å²) < 4.78 is 8.62. The van der Waals surface area contributed by atoms with Crippen molar-refractivity contribution in [3.8, 4) is 0 Å². The van der Waals surface area contributed by atoms with Gasteiger partial charge in [-0.15, -0.1) is 11.3 Å². The Morgan fingerprint density at radius 3 is 2.93 bits per heavy atom. The van der Waals surface area contributed by atoms with Crippen molar-refractivity contribution in [3.05, 3.63) is 23.2 Å². The minimum atomic E-state index is -0.915. The van der Waals surface area contributed by atoms with Crippen LogP contribution in [0.25, 0.3) is 10.2 Å². The van der Waals surface area contributed by atoms with E-state index in [1.165, 1.54) is 6.42 Å². The predicted octanol–water partition coefficient (Wildman–Crippen LogP) is 4.04. The molecule has 2 aliphatic rings. The van der Waals surface area contributed by atoms with Gasteiger partial charge in [0, 0.05) is 25.8 Å². The Hall–Kier alpha value is -1.86. The van der Waals surface area contributed by atoms with Crippen LogP contribution < -0.4 is 5.32 Å². The number of ether oxygens (including phenoxy) is 1. The Bertz CT molecular complexity index is 920. The molecule has 6 nitrogen and oxygen atoms in total. The third-order valence-electron chi connectivity index (χ3n) is 6.84. The number of carbonyl (C=O) groups is 2. The van der Waals surface area contributed by atoms with E-state index in [1.807, 2.05) is 35.9 Å². The molecule has 1 aliphatic heterocycles. The largest absolute Gasteiger partial charge is 0.382 e. The standard InChI is InChI=1S/C23H33N3O3S/c1-4-29-12-7-11-26-21(27)19-14-20-18(10-13-30-20)25(19)15-23(26,3)22(28)24-17-9-6-5-8-16(17)2/h10,13-14,16-17H,4-9,11-12,15H2,1-3H3,(H,24,28). The highest BCUT2D eigenvalue weighted by Crippen LogP contribution is 2.35. The summed E-state index contributed by atoms with van der Waals surface area (Å²) in [5.41, 5.74) is 0.813. The molecule has 0 saturated heterocycles. The first-order valence-electron chi connectivity index (χ1n) is 11.2. The Morgan fingerprint density at radius 2 is 2.17 bits per heavy atom. The van der Waals surface area contributed by atoms with Crippen LogP contribution in [-0.4, -0.2) is 52.6 Å². The predicted molar refractivity (Wildman–Crippen MR) is 120 cm³/mol. The number of thiophene rings is 1. The van der Waals surface area contributed by atoms with Crippen LogP contribution in [-0.2, 0) is 16.1 Å². The highest BCUT2D eigenvalue weighted by molar-refractivity contribution is 7.17. The van der Waals surface area contributed by atoms with E-state index in [0.29, 0.717) is 37.9 Å². The Morgan fingerprint density at radius 1 is 1.37 bits per heavy atom. The molecule has 2 amide bonds. The second kappa shape index (κ2) is 8.71. The molecule has 0 spiro atoms. The first-order chi connectivity index (χ1) is 14.5. The molecule has 2 aromatic rings. The number of nitrogens with one attached hydrogen (secondary N) is 1. The maximum Gasteiger partial charge on any atom is 0.271 e. The van der Waals surface area contributed by atoms with Gasteiger partial charge in [0.25, 0.3) is 5.91 Å². The summed E-state index contributed by atoms with van der Waals surface area (Å²) in [4.78, 5) is 28.9. The lowest BCUT2D eigenvalue weighted by Crippen LogP contribution is -2.65. The summed E-state index contributed by atoms with van der Waals surface area (Å²) >= 11 is 1.63. The number of hydrogen-bond donors (Lipinski definition) is 1. The van der Waals surface area contributed by atoms with Gasteiger partial charge >= 0.3 is 0 Å². The van der Waals surface area contributed by atoms with Gasteiger partial charge in [-0.05, 0) is 56.5 Å². The molecule has 0 aromatic carbocycles. The molecule has 3 atom stereocenters. The fourth-order valence-electron chi connectivity index (χ4n) is 4.95. The number of nitrogens with zero attached hydrogens (tertiary/aromatic N) is 2. The summed E-state index contributed by atoms with van der Waals surface area (Å²) in [5.74, 6) is 0.381. The quantitative estimate of drug-likeness (QED) is 0.673.